The zero-order valence-corrected chi connectivity index (χ0v) is 11.7. The lowest BCUT2D eigenvalue weighted by atomic mass is 10.3. The largest absolute Gasteiger partial charge is 0.491 e. The quantitative estimate of drug-likeness (QED) is 0.786. The van der Waals surface area contributed by atoms with Crippen LogP contribution < -0.4 is 10.1 Å². The average Bonchev–Trinajstić information content (AvgIpc) is 2.77. The third-order valence-corrected chi connectivity index (χ3v) is 3.16. The zero-order chi connectivity index (χ0) is 14.0. The molecule has 1 fully saturated rings. The summed E-state index contributed by atoms with van der Waals surface area (Å²) in [6.45, 7) is 4.44. The highest BCUT2D eigenvalue weighted by molar-refractivity contribution is 5.77. The van der Waals surface area contributed by atoms with Crippen molar-refractivity contribution >= 4 is 5.91 Å². The SMILES string of the molecule is O=C(COCCOc1ccccc1)N1CCCNCC1. The lowest BCUT2D eigenvalue weighted by Crippen LogP contribution is -2.36. The maximum absolute atomic E-state index is 11.9. The molecule has 5 nitrogen and oxygen atoms in total. The molecule has 2 rings (SSSR count). The number of nitrogens with zero attached hydrogens (tertiary/aromatic N) is 1. The number of hydrogen-bond acceptors (Lipinski definition) is 4. The van der Waals surface area contributed by atoms with Crippen molar-refractivity contribution in [1.29, 1.82) is 0 Å². The van der Waals surface area contributed by atoms with Gasteiger partial charge < -0.3 is 19.7 Å². The molecule has 1 amide bonds. The number of rotatable bonds is 6. The number of hydrogen-bond donors (Lipinski definition) is 1. The van der Waals surface area contributed by atoms with Crippen LogP contribution in [-0.2, 0) is 9.53 Å². The highest BCUT2D eigenvalue weighted by Crippen LogP contribution is 2.07. The van der Waals surface area contributed by atoms with Gasteiger partial charge in [0.1, 0.15) is 19.0 Å². The molecule has 110 valence electrons. The van der Waals surface area contributed by atoms with Gasteiger partial charge in [-0.15, -0.1) is 0 Å². The van der Waals surface area contributed by atoms with Crippen molar-refractivity contribution in [2.75, 3.05) is 46.0 Å². The normalized spacial score (nSPS) is 15.7. The summed E-state index contributed by atoms with van der Waals surface area (Å²) in [5.41, 5.74) is 0. The molecule has 0 saturated carbocycles. The molecule has 0 aliphatic carbocycles. The van der Waals surface area contributed by atoms with Crippen molar-refractivity contribution in [3.05, 3.63) is 30.3 Å². The van der Waals surface area contributed by atoms with Gasteiger partial charge in [0.25, 0.3) is 0 Å². The van der Waals surface area contributed by atoms with Gasteiger partial charge in [-0.3, -0.25) is 4.79 Å². The Morgan fingerprint density at radius 3 is 2.85 bits per heavy atom. The van der Waals surface area contributed by atoms with E-state index in [1.54, 1.807) is 0 Å². The molecule has 0 aromatic heterocycles. The minimum atomic E-state index is 0.0633. The average molecular weight is 278 g/mol. The first kappa shape index (κ1) is 14.8. The molecule has 0 bridgehead atoms. The Labute approximate surface area is 119 Å². The molecule has 1 heterocycles. The summed E-state index contributed by atoms with van der Waals surface area (Å²) in [4.78, 5) is 13.8. The van der Waals surface area contributed by atoms with E-state index >= 15 is 0 Å². The number of nitrogens with one attached hydrogen (secondary N) is 1. The minimum Gasteiger partial charge on any atom is -0.491 e. The number of carbonyl (C=O) groups is 1. The number of para-hydroxylation sites is 1. The van der Waals surface area contributed by atoms with Crippen LogP contribution in [0.25, 0.3) is 0 Å². The molecule has 20 heavy (non-hydrogen) atoms. The third kappa shape index (κ3) is 5.19. The molecule has 5 heteroatoms. The summed E-state index contributed by atoms with van der Waals surface area (Å²) in [7, 11) is 0. The molecule has 0 unspecified atom stereocenters. The van der Waals surface area contributed by atoms with Gasteiger partial charge in [-0.05, 0) is 25.1 Å². The van der Waals surface area contributed by atoms with Crippen molar-refractivity contribution < 1.29 is 14.3 Å². The van der Waals surface area contributed by atoms with E-state index in [1.807, 2.05) is 35.2 Å². The maximum Gasteiger partial charge on any atom is 0.248 e. The fourth-order valence-corrected chi connectivity index (χ4v) is 2.08. The lowest BCUT2D eigenvalue weighted by molar-refractivity contribution is -0.136. The van der Waals surface area contributed by atoms with Crippen LogP contribution in [0.5, 0.6) is 5.75 Å². The van der Waals surface area contributed by atoms with Gasteiger partial charge in [-0.2, -0.15) is 0 Å². The second kappa shape index (κ2) is 8.55. The summed E-state index contributed by atoms with van der Waals surface area (Å²) in [6.07, 6.45) is 1.00. The fraction of sp³-hybridized carbons (Fsp3) is 0.533. The second-order valence-corrected chi connectivity index (χ2v) is 4.70. The molecule has 0 spiro atoms. The van der Waals surface area contributed by atoms with Crippen LogP contribution in [0.3, 0.4) is 0 Å². The number of ether oxygens (including phenoxy) is 2. The molecule has 0 radical (unpaired) electrons. The van der Waals surface area contributed by atoms with Crippen LogP contribution in [0.15, 0.2) is 30.3 Å². The Morgan fingerprint density at radius 2 is 2.00 bits per heavy atom. The van der Waals surface area contributed by atoms with E-state index in [9.17, 15) is 4.79 Å². The van der Waals surface area contributed by atoms with E-state index in [1.165, 1.54) is 0 Å². The van der Waals surface area contributed by atoms with Gasteiger partial charge in [0, 0.05) is 19.6 Å². The summed E-state index contributed by atoms with van der Waals surface area (Å²) >= 11 is 0. The molecule has 1 saturated heterocycles. The van der Waals surface area contributed by atoms with Gasteiger partial charge in [-0.25, -0.2) is 0 Å². The van der Waals surface area contributed by atoms with E-state index < -0.39 is 0 Å². The minimum absolute atomic E-state index is 0.0633. The van der Waals surface area contributed by atoms with Crippen molar-refractivity contribution in [2.45, 2.75) is 6.42 Å². The number of carbonyl (C=O) groups excluding carboxylic acids is 1. The zero-order valence-electron chi connectivity index (χ0n) is 11.7. The summed E-state index contributed by atoms with van der Waals surface area (Å²) in [5.74, 6) is 0.884. The number of amides is 1. The van der Waals surface area contributed by atoms with Crippen molar-refractivity contribution in [1.82, 2.24) is 10.2 Å². The van der Waals surface area contributed by atoms with Crippen LogP contribution in [-0.4, -0.2) is 56.8 Å². The van der Waals surface area contributed by atoms with Crippen LogP contribution >= 0.6 is 0 Å². The lowest BCUT2D eigenvalue weighted by Gasteiger charge is -2.19. The maximum atomic E-state index is 11.9. The Bertz CT molecular complexity index is 389. The van der Waals surface area contributed by atoms with Gasteiger partial charge >= 0.3 is 0 Å². The highest BCUT2D eigenvalue weighted by atomic mass is 16.5. The monoisotopic (exact) mass is 278 g/mol. The summed E-state index contributed by atoms with van der Waals surface area (Å²) in [6, 6.07) is 9.59. The van der Waals surface area contributed by atoms with E-state index in [-0.39, 0.29) is 12.5 Å². The first-order valence-electron chi connectivity index (χ1n) is 7.10. The van der Waals surface area contributed by atoms with Crippen LogP contribution in [0.4, 0.5) is 0 Å². The first-order chi connectivity index (χ1) is 9.86. The molecule has 1 N–H and O–H groups in total. The Kier molecular flexibility index (Phi) is 6.34. The predicted molar refractivity (Wildman–Crippen MR) is 76.8 cm³/mol. The van der Waals surface area contributed by atoms with Gasteiger partial charge in [0.2, 0.25) is 5.91 Å². The van der Waals surface area contributed by atoms with Crippen LogP contribution in [0.2, 0.25) is 0 Å². The van der Waals surface area contributed by atoms with E-state index in [2.05, 4.69) is 5.32 Å². The Morgan fingerprint density at radius 1 is 1.15 bits per heavy atom. The highest BCUT2D eigenvalue weighted by Gasteiger charge is 2.14. The van der Waals surface area contributed by atoms with Crippen molar-refractivity contribution in [2.24, 2.45) is 0 Å². The van der Waals surface area contributed by atoms with Gasteiger partial charge in [0.15, 0.2) is 0 Å². The van der Waals surface area contributed by atoms with Crippen LogP contribution in [0.1, 0.15) is 6.42 Å². The van der Waals surface area contributed by atoms with E-state index in [0.29, 0.717) is 13.2 Å². The van der Waals surface area contributed by atoms with Crippen LogP contribution in [0, 0.1) is 0 Å². The molecule has 1 aliphatic rings. The van der Waals surface area contributed by atoms with Crippen molar-refractivity contribution in [3.8, 4) is 5.75 Å². The molecule has 1 aromatic carbocycles. The van der Waals surface area contributed by atoms with E-state index in [0.717, 1.165) is 38.3 Å². The standard InChI is InChI=1S/C15H22N2O3/c18-15(17-9-4-7-16-8-10-17)13-19-11-12-20-14-5-2-1-3-6-14/h1-3,5-6,16H,4,7-13H2. The molecular formula is C15H22N2O3. The van der Waals surface area contributed by atoms with Gasteiger partial charge in [-0.1, -0.05) is 18.2 Å². The number of benzene rings is 1. The molecule has 0 atom stereocenters. The summed E-state index contributed by atoms with van der Waals surface area (Å²) in [5, 5.41) is 3.27. The predicted octanol–water partition coefficient (Wildman–Crippen LogP) is 0.904. The second-order valence-electron chi connectivity index (χ2n) is 4.70. The fourth-order valence-electron chi connectivity index (χ4n) is 2.08. The topological polar surface area (TPSA) is 50.8 Å². The smallest absolute Gasteiger partial charge is 0.248 e. The van der Waals surface area contributed by atoms with E-state index in [4.69, 9.17) is 9.47 Å². The third-order valence-electron chi connectivity index (χ3n) is 3.16. The first-order valence-corrected chi connectivity index (χ1v) is 7.10. The summed E-state index contributed by atoms with van der Waals surface area (Å²) < 4.78 is 10.9. The molecule has 1 aromatic rings. The molecular weight excluding hydrogens is 256 g/mol. The molecule has 1 aliphatic heterocycles. The Balaban J connectivity index is 1.57. The van der Waals surface area contributed by atoms with Gasteiger partial charge in [0.05, 0.1) is 6.61 Å². The Hall–Kier alpha value is -1.59. The van der Waals surface area contributed by atoms with Crippen molar-refractivity contribution in [3.63, 3.8) is 0 Å².